The second-order valence-electron chi connectivity index (χ2n) is 8.09. The number of benzene rings is 2. The normalized spacial score (nSPS) is 17.2. The van der Waals surface area contributed by atoms with Crippen molar-refractivity contribution in [1.82, 2.24) is 9.80 Å². The van der Waals surface area contributed by atoms with Crippen molar-refractivity contribution in [3.63, 3.8) is 0 Å². The summed E-state index contributed by atoms with van der Waals surface area (Å²) >= 11 is 0. The number of Topliss-reactive ketones (excluding diaryl/α,β-unsaturated/α-hetero) is 1. The molecular weight excluding hydrogens is 448 g/mol. The molecule has 1 fully saturated rings. The molecule has 188 valence electrons. The minimum atomic E-state index is -0.766. The molecule has 0 saturated carbocycles. The molecule has 1 atom stereocenters. The summed E-state index contributed by atoms with van der Waals surface area (Å²) in [5, 5.41) is 11.2. The van der Waals surface area contributed by atoms with Crippen LogP contribution in [0, 0.1) is 0 Å². The van der Waals surface area contributed by atoms with Gasteiger partial charge in [-0.15, -0.1) is 0 Å². The molecule has 1 heterocycles. The molecule has 2 aromatic carbocycles. The van der Waals surface area contributed by atoms with Gasteiger partial charge in [-0.05, 0) is 62.0 Å². The molecule has 0 aromatic heterocycles. The lowest BCUT2D eigenvalue weighted by molar-refractivity contribution is -0.140. The number of likely N-dealkylation sites (N-methyl/N-ethyl adjacent to an activating group) is 1. The van der Waals surface area contributed by atoms with E-state index in [0.717, 1.165) is 13.1 Å². The molecule has 1 aliphatic rings. The fraction of sp³-hybridized carbons (Fsp3) is 0.407. The van der Waals surface area contributed by atoms with Gasteiger partial charge in [0.15, 0.2) is 11.5 Å². The Bertz CT molecular complexity index is 1080. The van der Waals surface area contributed by atoms with E-state index in [4.69, 9.17) is 14.2 Å². The Morgan fingerprint density at radius 2 is 1.66 bits per heavy atom. The maximum Gasteiger partial charge on any atom is 0.295 e. The lowest BCUT2D eigenvalue weighted by Gasteiger charge is -2.28. The minimum absolute atomic E-state index is 0.0472. The Hall–Kier alpha value is -3.52. The van der Waals surface area contributed by atoms with Gasteiger partial charge in [-0.3, -0.25) is 9.59 Å². The zero-order chi connectivity index (χ0) is 25.5. The van der Waals surface area contributed by atoms with Crippen LogP contribution >= 0.6 is 0 Å². The van der Waals surface area contributed by atoms with E-state index < -0.39 is 17.7 Å². The van der Waals surface area contributed by atoms with Crippen molar-refractivity contribution in [3.05, 3.63) is 59.2 Å². The van der Waals surface area contributed by atoms with Crippen molar-refractivity contribution < 1.29 is 28.9 Å². The lowest BCUT2D eigenvalue weighted by Crippen LogP contribution is -2.38. The third-order valence-corrected chi connectivity index (χ3v) is 6.26. The van der Waals surface area contributed by atoms with Crippen LogP contribution < -0.4 is 14.2 Å². The van der Waals surface area contributed by atoms with Gasteiger partial charge in [-0.1, -0.05) is 19.9 Å². The summed E-state index contributed by atoms with van der Waals surface area (Å²) in [6, 6.07) is 11.3. The fourth-order valence-electron chi connectivity index (χ4n) is 4.28. The molecule has 0 aliphatic carbocycles. The molecule has 8 nitrogen and oxygen atoms in total. The van der Waals surface area contributed by atoms with E-state index in [1.807, 2.05) is 6.92 Å². The number of carbonyl (C=O) groups excluding carboxylic acids is 2. The van der Waals surface area contributed by atoms with Gasteiger partial charge in [0.05, 0.1) is 32.4 Å². The van der Waals surface area contributed by atoms with Gasteiger partial charge < -0.3 is 29.1 Å². The molecule has 0 radical (unpaired) electrons. The maximum atomic E-state index is 13.2. The molecule has 1 N–H and O–H groups in total. The van der Waals surface area contributed by atoms with Crippen LogP contribution in [0.1, 0.15) is 37.9 Å². The number of aliphatic hydroxyl groups is 1. The molecule has 35 heavy (non-hydrogen) atoms. The molecule has 1 saturated heterocycles. The Morgan fingerprint density at radius 3 is 2.23 bits per heavy atom. The Kier molecular flexibility index (Phi) is 8.76. The quantitative estimate of drug-likeness (QED) is 0.296. The summed E-state index contributed by atoms with van der Waals surface area (Å²) in [7, 11) is 3.09. The smallest absolute Gasteiger partial charge is 0.295 e. The first-order valence-electron chi connectivity index (χ1n) is 11.9. The Balaban J connectivity index is 2.13. The average Bonchev–Trinajstić information content (AvgIpc) is 3.14. The fourth-order valence-corrected chi connectivity index (χ4v) is 4.28. The number of methoxy groups -OCH3 is 2. The molecule has 0 spiro atoms. The highest BCUT2D eigenvalue weighted by molar-refractivity contribution is 6.46. The summed E-state index contributed by atoms with van der Waals surface area (Å²) in [5.41, 5.74) is 1.13. The third kappa shape index (κ3) is 5.43. The van der Waals surface area contributed by atoms with Gasteiger partial charge in [-0.25, -0.2) is 0 Å². The third-order valence-electron chi connectivity index (χ3n) is 6.26. The summed E-state index contributed by atoms with van der Waals surface area (Å²) < 4.78 is 16.3. The standard InChI is InChI=1S/C27H34N2O6/c1-6-28(7-2)15-16-29-24(19-11-14-21(35-8-3)22(17-19)34-5)23(26(31)27(29)32)25(30)18-9-12-20(33-4)13-10-18/h9-14,17,24,30H,6-8,15-16H2,1-5H3/b25-23-. The summed E-state index contributed by atoms with van der Waals surface area (Å²) in [6.45, 7) is 9.05. The average molecular weight is 483 g/mol. The Morgan fingerprint density at radius 1 is 0.971 bits per heavy atom. The predicted octanol–water partition coefficient (Wildman–Crippen LogP) is 3.87. The number of ether oxygens (including phenoxy) is 3. The van der Waals surface area contributed by atoms with Crippen molar-refractivity contribution in [2.45, 2.75) is 26.8 Å². The number of hydrogen-bond acceptors (Lipinski definition) is 7. The summed E-state index contributed by atoms with van der Waals surface area (Å²) in [6.07, 6.45) is 0. The van der Waals surface area contributed by atoms with Gasteiger partial charge in [0.2, 0.25) is 0 Å². The zero-order valence-corrected chi connectivity index (χ0v) is 21.0. The van der Waals surface area contributed by atoms with E-state index in [2.05, 4.69) is 18.7 Å². The van der Waals surface area contributed by atoms with E-state index >= 15 is 0 Å². The predicted molar refractivity (Wildman–Crippen MR) is 134 cm³/mol. The van der Waals surface area contributed by atoms with Crippen molar-refractivity contribution in [2.24, 2.45) is 0 Å². The van der Waals surface area contributed by atoms with Gasteiger partial charge >= 0.3 is 0 Å². The van der Waals surface area contributed by atoms with E-state index in [-0.39, 0.29) is 11.3 Å². The van der Waals surface area contributed by atoms with Crippen LogP contribution in [0.3, 0.4) is 0 Å². The molecule has 1 unspecified atom stereocenters. The summed E-state index contributed by atoms with van der Waals surface area (Å²) in [4.78, 5) is 30.1. The molecule has 0 bridgehead atoms. The first-order valence-corrected chi connectivity index (χ1v) is 11.9. The molecule has 2 aromatic rings. The second kappa shape index (κ2) is 11.8. The molecule has 1 aliphatic heterocycles. The minimum Gasteiger partial charge on any atom is -0.507 e. The van der Waals surface area contributed by atoms with Crippen molar-refractivity contribution in [2.75, 3.05) is 47.0 Å². The van der Waals surface area contributed by atoms with E-state index in [9.17, 15) is 14.7 Å². The number of nitrogens with zero attached hydrogens (tertiary/aromatic N) is 2. The van der Waals surface area contributed by atoms with Crippen molar-refractivity contribution in [3.8, 4) is 17.2 Å². The van der Waals surface area contributed by atoms with Gasteiger partial charge in [0.1, 0.15) is 11.5 Å². The number of likely N-dealkylation sites (tertiary alicyclic amines) is 1. The van der Waals surface area contributed by atoms with Crippen LogP contribution in [0.4, 0.5) is 0 Å². The van der Waals surface area contributed by atoms with Crippen LogP contribution in [-0.4, -0.2) is 73.6 Å². The first-order chi connectivity index (χ1) is 16.9. The van der Waals surface area contributed by atoms with Gasteiger partial charge in [0, 0.05) is 18.7 Å². The monoisotopic (exact) mass is 482 g/mol. The number of ketones is 1. The SMILES string of the molecule is CCOc1ccc(C2/C(=C(/O)c3ccc(OC)cc3)C(=O)C(=O)N2CCN(CC)CC)cc1OC. The molecule has 3 rings (SSSR count). The van der Waals surface area contributed by atoms with Crippen LogP contribution in [0.25, 0.3) is 5.76 Å². The van der Waals surface area contributed by atoms with Gasteiger partial charge in [0.25, 0.3) is 11.7 Å². The van der Waals surface area contributed by atoms with Crippen molar-refractivity contribution >= 4 is 17.4 Å². The number of aliphatic hydroxyl groups excluding tert-OH is 1. The van der Waals surface area contributed by atoms with Crippen LogP contribution in [0.15, 0.2) is 48.0 Å². The second-order valence-corrected chi connectivity index (χ2v) is 8.09. The van der Waals surface area contributed by atoms with Gasteiger partial charge in [-0.2, -0.15) is 0 Å². The number of carbonyl (C=O) groups is 2. The molecular formula is C27H34N2O6. The maximum absolute atomic E-state index is 13.2. The topological polar surface area (TPSA) is 88.5 Å². The highest BCUT2D eigenvalue weighted by Gasteiger charge is 2.46. The summed E-state index contributed by atoms with van der Waals surface area (Å²) in [5.74, 6) is 0.0983. The number of rotatable bonds is 11. The molecule has 1 amide bonds. The zero-order valence-electron chi connectivity index (χ0n) is 21.0. The largest absolute Gasteiger partial charge is 0.507 e. The highest BCUT2D eigenvalue weighted by Crippen LogP contribution is 2.42. The highest BCUT2D eigenvalue weighted by atomic mass is 16.5. The van der Waals surface area contributed by atoms with E-state index in [0.29, 0.717) is 48.1 Å². The van der Waals surface area contributed by atoms with Crippen molar-refractivity contribution in [1.29, 1.82) is 0 Å². The van der Waals surface area contributed by atoms with E-state index in [1.165, 1.54) is 12.0 Å². The molecule has 8 heteroatoms. The number of hydrogen-bond donors (Lipinski definition) is 1. The Labute approximate surface area is 206 Å². The number of amides is 1. The lowest BCUT2D eigenvalue weighted by atomic mass is 9.95. The van der Waals surface area contributed by atoms with Crippen LogP contribution in [-0.2, 0) is 9.59 Å². The van der Waals surface area contributed by atoms with E-state index in [1.54, 1.807) is 49.6 Å². The van der Waals surface area contributed by atoms with Crippen LogP contribution in [0.5, 0.6) is 17.2 Å². The first kappa shape index (κ1) is 26.1. The van der Waals surface area contributed by atoms with Crippen LogP contribution in [0.2, 0.25) is 0 Å².